The molecule has 0 heterocycles. The van der Waals surface area contributed by atoms with Crippen molar-refractivity contribution in [3.8, 4) is 0 Å². The van der Waals surface area contributed by atoms with Gasteiger partial charge in [0.2, 0.25) is 0 Å². The fraction of sp³-hybridized carbons (Fsp3) is 0.889. The van der Waals surface area contributed by atoms with Gasteiger partial charge in [-0.3, -0.25) is 4.79 Å². The van der Waals surface area contributed by atoms with E-state index in [4.69, 9.17) is 5.11 Å². The van der Waals surface area contributed by atoms with Gasteiger partial charge in [0, 0.05) is 13.0 Å². The Hall–Kier alpha value is -0.570. The van der Waals surface area contributed by atoms with Gasteiger partial charge in [-0.15, -0.1) is 0 Å². The molecular formula is C9H18O3. The highest BCUT2D eigenvalue weighted by atomic mass is 16.5. The van der Waals surface area contributed by atoms with Crippen LogP contribution in [-0.2, 0) is 9.53 Å². The molecule has 0 saturated heterocycles. The lowest BCUT2D eigenvalue weighted by atomic mass is 9.95. The Morgan fingerprint density at radius 1 is 1.42 bits per heavy atom. The van der Waals surface area contributed by atoms with Crippen molar-refractivity contribution in [2.45, 2.75) is 26.7 Å². The molecule has 3 nitrogen and oxygen atoms in total. The first-order valence-electron chi connectivity index (χ1n) is 4.27. The quantitative estimate of drug-likeness (QED) is 0.637. The Morgan fingerprint density at radius 2 is 2.00 bits per heavy atom. The molecule has 0 amide bonds. The molecule has 12 heavy (non-hydrogen) atoms. The fourth-order valence-electron chi connectivity index (χ4n) is 1.21. The molecule has 0 bridgehead atoms. The van der Waals surface area contributed by atoms with Crippen LogP contribution < -0.4 is 0 Å². The van der Waals surface area contributed by atoms with Crippen LogP contribution in [-0.4, -0.2) is 24.8 Å². The van der Waals surface area contributed by atoms with Gasteiger partial charge in [0.15, 0.2) is 0 Å². The summed E-state index contributed by atoms with van der Waals surface area (Å²) < 4.78 is 4.53. The minimum Gasteiger partial charge on any atom is -0.469 e. The smallest absolute Gasteiger partial charge is 0.305 e. The van der Waals surface area contributed by atoms with E-state index in [-0.39, 0.29) is 18.5 Å². The van der Waals surface area contributed by atoms with Crippen LogP contribution in [0, 0.1) is 11.8 Å². The number of carbonyl (C=O) groups is 1. The first-order valence-corrected chi connectivity index (χ1v) is 4.27. The minimum absolute atomic E-state index is 0.173. The maximum Gasteiger partial charge on any atom is 0.305 e. The van der Waals surface area contributed by atoms with E-state index in [1.54, 1.807) is 0 Å². The highest BCUT2D eigenvalue weighted by Crippen LogP contribution is 2.14. The first kappa shape index (κ1) is 11.4. The second-order valence-electron chi connectivity index (χ2n) is 3.41. The van der Waals surface area contributed by atoms with E-state index in [0.29, 0.717) is 12.3 Å². The Labute approximate surface area is 73.7 Å². The van der Waals surface area contributed by atoms with E-state index in [9.17, 15) is 4.79 Å². The van der Waals surface area contributed by atoms with Gasteiger partial charge in [0.05, 0.1) is 7.11 Å². The van der Waals surface area contributed by atoms with E-state index >= 15 is 0 Å². The van der Waals surface area contributed by atoms with Gasteiger partial charge in [0.1, 0.15) is 0 Å². The van der Waals surface area contributed by atoms with Crippen molar-refractivity contribution in [3.05, 3.63) is 0 Å². The van der Waals surface area contributed by atoms with Crippen molar-refractivity contribution in [2.24, 2.45) is 11.8 Å². The molecule has 0 aromatic rings. The van der Waals surface area contributed by atoms with Gasteiger partial charge in [-0.25, -0.2) is 0 Å². The molecule has 1 N–H and O–H groups in total. The molecule has 0 aliphatic rings. The lowest BCUT2D eigenvalue weighted by Crippen LogP contribution is -2.12. The molecule has 0 unspecified atom stereocenters. The Kier molecular flexibility index (Phi) is 5.72. The van der Waals surface area contributed by atoms with Crippen LogP contribution in [0.3, 0.4) is 0 Å². The summed E-state index contributed by atoms with van der Waals surface area (Å²) in [4.78, 5) is 10.8. The summed E-state index contributed by atoms with van der Waals surface area (Å²) >= 11 is 0. The van der Waals surface area contributed by atoms with Gasteiger partial charge in [-0.1, -0.05) is 13.8 Å². The van der Waals surface area contributed by atoms with Crippen LogP contribution in [0.25, 0.3) is 0 Å². The summed E-state index contributed by atoms with van der Waals surface area (Å²) in [5.74, 6) is 0.386. The topological polar surface area (TPSA) is 46.5 Å². The van der Waals surface area contributed by atoms with Crippen molar-refractivity contribution >= 4 is 5.97 Å². The molecule has 0 aliphatic carbocycles. The number of esters is 1. The highest BCUT2D eigenvalue weighted by Gasteiger charge is 2.12. The maximum absolute atomic E-state index is 10.8. The van der Waals surface area contributed by atoms with E-state index in [1.807, 2.05) is 13.8 Å². The summed E-state index contributed by atoms with van der Waals surface area (Å²) in [5, 5.41) is 8.76. The minimum atomic E-state index is -0.173. The van der Waals surface area contributed by atoms with Crippen LogP contribution in [0.15, 0.2) is 0 Å². The van der Waals surface area contributed by atoms with Crippen LogP contribution in [0.1, 0.15) is 26.7 Å². The number of aliphatic hydroxyl groups excluding tert-OH is 1. The number of methoxy groups -OCH3 is 1. The van der Waals surface area contributed by atoms with Crippen molar-refractivity contribution in [2.75, 3.05) is 13.7 Å². The molecule has 0 spiro atoms. The zero-order chi connectivity index (χ0) is 9.56. The molecule has 72 valence electrons. The van der Waals surface area contributed by atoms with Crippen LogP contribution in [0.2, 0.25) is 0 Å². The zero-order valence-corrected chi connectivity index (χ0v) is 8.04. The third-order valence-corrected chi connectivity index (χ3v) is 1.86. The van der Waals surface area contributed by atoms with Crippen molar-refractivity contribution in [1.29, 1.82) is 0 Å². The predicted molar refractivity (Wildman–Crippen MR) is 46.7 cm³/mol. The molecule has 0 aromatic heterocycles. The van der Waals surface area contributed by atoms with Gasteiger partial charge in [-0.2, -0.15) is 0 Å². The lowest BCUT2D eigenvalue weighted by molar-refractivity contribution is -0.141. The Morgan fingerprint density at radius 3 is 2.42 bits per heavy atom. The van der Waals surface area contributed by atoms with E-state index < -0.39 is 0 Å². The highest BCUT2D eigenvalue weighted by molar-refractivity contribution is 5.69. The summed E-state index contributed by atoms with van der Waals surface area (Å²) in [6.45, 7) is 4.14. The predicted octanol–water partition coefficient (Wildman–Crippen LogP) is 1.20. The molecule has 0 saturated carbocycles. The molecule has 3 heteroatoms. The fourth-order valence-corrected chi connectivity index (χ4v) is 1.21. The summed E-state index contributed by atoms with van der Waals surface area (Å²) in [6, 6.07) is 0. The molecule has 0 fully saturated rings. The summed E-state index contributed by atoms with van der Waals surface area (Å²) in [5.41, 5.74) is 0. The first-order chi connectivity index (χ1) is 5.60. The molecule has 0 radical (unpaired) electrons. The number of ether oxygens (including phenoxy) is 1. The van der Waals surface area contributed by atoms with Crippen LogP contribution >= 0.6 is 0 Å². The average Bonchev–Trinajstić information content (AvgIpc) is 2.03. The second kappa shape index (κ2) is 6.00. The van der Waals surface area contributed by atoms with E-state index in [0.717, 1.165) is 6.42 Å². The monoisotopic (exact) mass is 174 g/mol. The van der Waals surface area contributed by atoms with Gasteiger partial charge in [0.25, 0.3) is 0 Å². The van der Waals surface area contributed by atoms with Crippen LogP contribution in [0.4, 0.5) is 0 Å². The van der Waals surface area contributed by atoms with Gasteiger partial charge >= 0.3 is 5.97 Å². The average molecular weight is 174 g/mol. The van der Waals surface area contributed by atoms with Crippen molar-refractivity contribution in [1.82, 2.24) is 0 Å². The standard InChI is InChI=1S/C9H18O3/c1-7(4-8(2)6-10)5-9(11)12-3/h7-8,10H,4-6H2,1-3H3/t7-,8-/m1/s1. The van der Waals surface area contributed by atoms with Crippen molar-refractivity contribution in [3.63, 3.8) is 0 Å². The largest absolute Gasteiger partial charge is 0.469 e. The lowest BCUT2D eigenvalue weighted by Gasteiger charge is -2.13. The molecule has 0 rings (SSSR count). The number of hydrogen-bond donors (Lipinski definition) is 1. The van der Waals surface area contributed by atoms with E-state index in [1.165, 1.54) is 7.11 Å². The molecular weight excluding hydrogens is 156 g/mol. The Bertz CT molecular complexity index is 134. The number of aliphatic hydroxyl groups is 1. The summed E-state index contributed by atoms with van der Waals surface area (Å²) in [6.07, 6.45) is 1.31. The molecule has 2 atom stereocenters. The summed E-state index contributed by atoms with van der Waals surface area (Å²) in [7, 11) is 1.39. The third kappa shape index (κ3) is 5.13. The van der Waals surface area contributed by atoms with Crippen LogP contribution in [0.5, 0.6) is 0 Å². The number of rotatable bonds is 5. The van der Waals surface area contributed by atoms with Gasteiger partial charge in [-0.05, 0) is 18.3 Å². The number of hydrogen-bond acceptors (Lipinski definition) is 3. The zero-order valence-electron chi connectivity index (χ0n) is 8.04. The van der Waals surface area contributed by atoms with E-state index in [2.05, 4.69) is 4.74 Å². The second-order valence-corrected chi connectivity index (χ2v) is 3.41. The third-order valence-electron chi connectivity index (χ3n) is 1.86. The van der Waals surface area contributed by atoms with Gasteiger partial charge < -0.3 is 9.84 Å². The Balaban J connectivity index is 3.58. The number of carbonyl (C=O) groups excluding carboxylic acids is 1. The van der Waals surface area contributed by atoms with Crippen molar-refractivity contribution < 1.29 is 14.6 Å². The SMILES string of the molecule is COC(=O)C[C@H](C)C[C@@H](C)CO. The normalized spacial score (nSPS) is 15.3. The molecule has 0 aromatic carbocycles. The molecule has 0 aliphatic heterocycles. The maximum atomic E-state index is 10.8.